The van der Waals surface area contributed by atoms with Crippen molar-refractivity contribution in [2.24, 2.45) is 0 Å². The number of amides is 1. The average Bonchev–Trinajstić information content (AvgIpc) is 2.44. The van der Waals surface area contributed by atoms with Crippen LogP contribution in [-0.4, -0.2) is 55.3 Å². The van der Waals surface area contributed by atoms with Gasteiger partial charge in [-0.2, -0.15) is 0 Å². The van der Waals surface area contributed by atoms with Crippen LogP contribution in [0.2, 0.25) is 10.0 Å². The number of methoxy groups -OCH3 is 1. The molecule has 116 valence electrons. The summed E-state index contributed by atoms with van der Waals surface area (Å²) in [6.45, 7) is -0.292. The number of hydrogen-bond donors (Lipinski definition) is 1. The SMILES string of the molecule is COCCN(CC(=O)O)C(=O)COc1ccc(Cl)c(Cl)c1. The van der Waals surface area contributed by atoms with Gasteiger partial charge in [-0.3, -0.25) is 9.59 Å². The molecule has 0 aliphatic carbocycles. The molecule has 0 heterocycles. The van der Waals surface area contributed by atoms with Gasteiger partial charge in [0.25, 0.3) is 5.91 Å². The molecule has 0 spiro atoms. The predicted octanol–water partition coefficient (Wildman–Crippen LogP) is 1.93. The van der Waals surface area contributed by atoms with E-state index in [-0.39, 0.29) is 19.8 Å². The molecule has 0 fully saturated rings. The molecule has 0 saturated heterocycles. The van der Waals surface area contributed by atoms with Crippen LogP contribution in [-0.2, 0) is 14.3 Å². The molecule has 1 amide bonds. The summed E-state index contributed by atoms with van der Waals surface area (Å²) in [7, 11) is 1.47. The molecule has 0 aliphatic heterocycles. The lowest BCUT2D eigenvalue weighted by Crippen LogP contribution is -2.40. The number of carboxylic acid groups (broad SMARTS) is 1. The molecule has 0 bridgehead atoms. The molecular weight excluding hydrogens is 321 g/mol. The second-order valence-corrected chi connectivity index (χ2v) is 4.88. The molecule has 1 rings (SSSR count). The van der Waals surface area contributed by atoms with Gasteiger partial charge >= 0.3 is 5.97 Å². The van der Waals surface area contributed by atoms with Crippen molar-refractivity contribution in [1.29, 1.82) is 0 Å². The number of benzene rings is 1. The maximum Gasteiger partial charge on any atom is 0.323 e. The molecule has 1 aromatic rings. The van der Waals surface area contributed by atoms with E-state index in [9.17, 15) is 9.59 Å². The summed E-state index contributed by atoms with van der Waals surface area (Å²) >= 11 is 11.6. The second-order valence-electron chi connectivity index (χ2n) is 4.07. The van der Waals surface area contributed by atoms with Gasteiger partial charge < -0.3 is 19.5 Å². The smallest absolute Gasteiger partial charge is 0.323 e. The monoisotopic (exact) mass is 335 g/mol. The van der Waals surface area contributed by atoms with E-state index < -0.39 is 18.4 Å². The number of hydrogen-bond acceptors (Lipinski definition) is 4. The highest BCUT2D eigenvalue weighted by molar-refractivity contribution is 6.42. The van der Waals surface area contributed by atoms with E-state index >= 15 is 0 Å². The van der Waals surface area contributed by atoms with Gasteiger partial charge in [0.15, 0.2) is 6.61 Å². The molecule has 0 atom stereocenters. The number of carbonyl (C=O) groups is 2. The van der Waals surface area contributed by atoms with Crippen molar-refractivity contribution in [2.45, 2.75) is 0 Å². The Morgan fingerprint density at radius 3 is 2.57 bits per heavy atom. The molecule has 1 aromatic carbocycles. The highest BCUT2D eigenvalue weighted by atomic mass is 35.5. The maximum atomic E-state index is 11.9. The third kappa shape index (κ3) is 6.20. The predicted molar refractivity (Wildman–Crippen MR) is 78.0 cm³/mol. The zero-order valence-corrected chi connectivity index (χ0v) is 12.9. The summed E-state index contributed by atoms with van der Waals surface area (Å²) in [6, 6.07) is 4.59. The van der Waals surface area contributed by atoms with Crippen molar-refractivity contribution >= 4 is 35.1 Å². The van der Waals surface area contributed by atoms with Crippen LogP contribution >= 0.6 is 23.2 Å². The summed E-state index contributed by atoms with van der Waals surface area (Å²) in [4.78, 5) is 23.8. The second kappa shape index (κ2) is 8.71. The van der Waals surface area contributed by atoms with Crippen LogP contribution in [0.15, 0.2) is 18.2 Å². The minimum Gasteiger partial charge on any atom is -0.484 e. The molecule has 21 heavy (non-hydrogen) atoms. The molecule has 0 saturated carbocycles. The third-order valence-corrected chi connectivity index (χ3v) is 3.24. The van der Waals surface area contributed by atoms with Gasteiger partial charge in [-0.15, -0.1) is 0 Å². The zero-order valence-electron chi connectivity index (χ0n) is 11.3. The number of halogens is 2. The van der Waals surface area contributed by atoms with Gasteiger partial charge in [0.1, 0.15) is 12.3 Å². The van der Waals surface area contributed by atoms with E-state index in [4.69, 9.17) is 37.8 Å². The highest BCUT2D eigenvalue weighted by Gasteiger charge is 2.17. The fourth-order valence-corrected chi connectivity index (χ4v) is 1.75. The minimum absolute atomic E-state index is 0.173. The number of rotatable bonds is 8. The Bertz CT molecular complexity index is 509. The van der Waals surface area contributed by atoms with Gasteiger partial charge in [-0.25, -0.2) is 0 Å². The lowest BCUT2D eigenvalue weighted by Gasteiger charge is -2.20. The van der Waals surface area contributed by atoms with Gasteiger partial charge in [0, 0.05) is 19.7 Å². The third-order valence-electron chi connectivity index (χ3n) is 2.50. The first-order valence-electron chi connectivity index (χ1n) is 6.00. The Labute approximate surface area is 132 Å². The van der Waals surface area contributed by atoms with Crippen molar-refractivity contribution in [3.63, 3.8) is 0 Å². The largest absolute Gasteiger partial charge is 0.484 e. The molecule has 1 N–H and O–H groups in total. The minimum atomic E-state index is -1.10. The number of carboxylic acids is 1. The van der Waals surface area contributed by atoms with E-state index in [0.29, 0.717) is 15.8 Å². The summed E-state index contributed by atoms with van der Waals surface area (Å²) in [6.07, 6.45) is 0. The Morgan fingerprint density at radius 1 is 1.29 bits per heavy atom. The molecule has 0 aromatic heterocycles. The van der Waals surface area contributed by atoms with Gasteiger partial charge in [0.05, 0.1) is 16.7 Å². The van der Waals surface area contributed by atoms with Crippen LogP contribution < -0.4 is 4.74 Å². The maximum absolute atomic E-state index is 11.9. The summed E-state index contributed by atoms with van der Waals surface area (Å²) in [5.74, 6) is -1.19. The summed E-state index contributed by atoms with van der Waals surface area (Å²) in [5.41, 5.74) is 0. The number of carbonyl (C=O) groups excluding carboxylic acids is 1. The lowest BCUT2D eigenvalue weighted by molar-refractivity contribution is -0.145. The Hall–Kier alpha value is -1.50. The highest BCUT2D eigenvalue weighted by Crippen LogP contribution is 2.26. The van der Waals surface area contributed by atoms with E-state index in [1.807, 2.05) is 0 Å². The fraction of sp³-hybridized carbons (Fsp3) is 0.385. The van der Waals surface area contributed by atoms with Gasteiger partial charge in [0.2, 0.25) is 0 Å². The Morgan fingerprint density at radius 2 is 2.00 bits per heavy atom. The van der Waals surface area contributed by atoms with E-state index in [2.05, 4.69) is 0 Å². The molecule has 6 nitrogen and oxygen atoms in total. The van der Waals surface area contributed by atoms with E-state index in [1.54, 1.807) is 12.1 Å². The molecule has 0 radical (unpaired) electrons. The topological polar surface area (TPSA) is 76.1 Å². The van der Waals surface area contributed by atoms with E-state index in [0.717, 1.165) is 4.90 Å². The van der Waals surface area contributed by atoms with Crippen LogP contribution in [0, 0.1) is 0 Å². The number of aliphatic carboxylic acids is 1. The average molecular weight is 336 g/mol. The first kappa shape index (κ1) is 17.6. The first-order chi connectivity index (χ1) is 9.93. The van der Waals surface area contributed by atoms with Crippen molar-refractivity contribution in [3.05, 3.63) is 28.2 Å². The van der Waals surface area contributed by atoms with Crippen LogP contribution in [0.1, 0.15) is 0 Å². The zero-order chi connectivity index (χ0) is 15.8. The standard InChI is InChI=1S/C13H15Cl2NO5/c1-20-5-4-16(7-13(18)19)12(17)8-21-9-2-3-10(14)11(15)6-9/h2-3,6H,4-5,7-8H2,1H3,(H,18,19). The number of ether oxygens (including phenoxy) is 2. The molecule has 8 heteroatoms. The lowest BCUT2D eigenvalue weighted by atomic mass is 10.3. The normalized spacial score (nSPS) is 10.2. The quantitative estimate of drug-likeness (QED) is 0.785. The number of nitrogens with zero attached hydrogens (tertiary/aromatic N) is 1. The summed E-state index contributed by atoms with van der Waals surface area (Å²) < 4.78 is 10.1. The van der Waals surface area contributed by atoms with E-state index in [1.165, 1.54) is 13.2 Å². The van der Waals surface area contributed by atoms with Crippen LogP contribution in [0.25, 0.3) is 0 Å². The van der Waals surface area contributed by atoms with Crippen molar-refractivity contribution in [1.82, 2.24) is 4.90 Å². The molecular formula is C13H15Cl2NO5. The Balaban J connectivity index is 2.59. The molecule has 0 unspecified atom stereocenters. The van der Waals surface area contributed by atoms with Crippen molar-refractivity contribution in [2.75, 3.05) is 33.4 Å². The summed E-state index contributed by atoms with van der Waals surface area (Å²) in [5, 5.41) is 9.46. The Kier molecular flexibility index (Phi) is 7.28. The van der Waals surface area contributed by atoms with Crippen molar-refractivity contribution < 1.29 is 24.2 Å². The van der Waals surface area contributed by atoms with Gasteiger partial charge in [-0.1, -0.05) is 23.2 Å². The first-order valence-corrected chi connectivity index (χ1v) is 6.76. The van der Waals surface area contributed by atoms with Crippen molar-refractivity contribution in [3.8, 4) is 5.75 Å². The molecule has 0 aliphatic rings. The van der Waals surface area contributed by atoms with Crippen LogP contribution in [0.4, 0.5) is 0 Å². The van der Waals surface area contributed by atoms with Gasteiger partial charge in [-0.05, 0) is 12.1 Å². The van der Waals surface area contributed by atoms with Crippen LogP contribution in [0.5, 0.6) is 5.75 Å². The van der Waals surface area contributed by atoms with Crippen LogP contribution in [0.3, 0.4) is 0 Å². The fourth-order valence-electron chi connectivity index (χ4n) is 1.46.